The maximum Gasteiger partial charge on any atom is 0.307 e. The average molecular weight is 389 g/mol. The van der Waals surface area contributed by atoms with Crippen LogP contribution in [0.5, 0.6) is 0 Å². The minimum Gasteiger partial charge on any atom is -0.469 e. The lowest BCUT2D eigenvalue weighted by molar-refractivity contribution is -0.140. The molecule has 142 valence electrons. The topological polar surface area (TPSA) is 75.7 Å². The third-order valence-electron chi connectivity index (χ3n) is 3.85. The summed E-state index contributed by atoms with van der Waals surface area (Å²) in [5.74, 6) is -0.900. The van der Waals surface area contributed by atoms with Gasteiger partial charge in [-0.15, -0.1) is 0 Å². The van der Waals surface area contributed by atoms with Crippen LogP contribution in [0.1, 0.15) is 29.3 Å². The minimum absolute atomic E-state index is 0.0675. The van der Waals surface area contributed by atoms with Crippen LogP contribution in [0.2, 0.25) is 5.02 Å². The van der Waals surface area contributed by atoms with Crippen LogP contribution in [0.4, 0.5) is 5.69 Å². The summed E-state index contributed by atoms with van der Waals surface area (Å²) in [6.07, 6.45) is 0.0675. The molecule has 2 aromatic rings. The van der Waals surface area contributed by atoms with E-state index in [4.69, 9.17) is 11.6 Å². The first-order chi connectivity index (χ1) is 12.9. The van der Waals surface area contributed by atoms with Crippen molar-refractivity contribution in [3.8, 4) is 0 Å². The summed E-state index contributed by atoms with van der Waals surface area (Å²) >= 11 is 6.21. The van der Waals surface area contributed by atoms with Crippen molar-refractivity contribution < 1.29 is 19.1 Å². The standard InChI is InChI=1S/C20H21ClN2O4/c1-14(24)22-17-8-5-7-15(12-17)20(26)23(11-10-19(25)27-2)13-16-6-3-4-9-18(16)21/h3-9,12H,10-11,13H2,1-2H3,(H,22,24). The maximum absolute atomic E-state index is 13.0. The molecule has 27 heavy (non-hydrogen) atoms. The zero-order chi connectivity index (χ0) is 19.8. The van der Waals surface area contributed by atoms with Gasteiger partial charge in [-0.3, -0.25) is 14.4 Å². The number of amides is 2. The normalized spacial score (nSPS) is 10.2. The smallest absolute Gasteiger partial charge is 0.307 e. The van der Waals surface area contributed by atoms with Crippen molar-refractivity contribution in [2.24, 2.45) is 0 Å². The van der Waals surface area contributed by atoms with Gasteiger partial charge in [-0.05, 0) is 29.8 Å². The predicted molar refractivity (Wildman–Crippen MR) is 104 cm³/mol. The Kier molecular flexibility index (Phi) is 7.37. The Bertz CT molecular complexity index is 838. The van der Waals surface area contributed by atoms with Gasteiger partial charge in [-0.1, -0.05) is 35.9 Å². The zero-order valence-electron chi connectivity index (χ0n) is 15.2. The first-order valence-electron chi connectivity index (χ1n) is 8.38. The van der Waals surface area contributed by atoms with E-state index >= 15 is 0 Å². The lowest BCUT2D eigenvalue weighted by Crippen LogP contribution is -2.33. The van der Waals surface area contributed by atoms with Gasteiger partial charge >= 0.3 is 5.97 Å². The molecule has 7 heteroatoms. The van der Waals surface area contributed by atoms with Crippen molar-refractivity contribution in [1.29, 1.82) is 0 Å². The number of hydrogen-bond acceptors (Lipinski definition) is 4. The van der Waals surface area contributed by atoms with Crippen molar-refractivity contribution in [2.75, 3.05) is 19.0 Å². The van der Waals surface area contributed by atoms with E-state index in [1.165, 1.54) is 18.9 Å². The molecule has 0 aliphatic carbocycles. The van der Waals surface area contributed by atoms with Gasteiger partial charge < -0.3 is 15.0 Å². The van der Waals surface area contributed by atoms with Crippen molar-refractivity contribution in [3.63, 3.8) is 0 Å². The van der Waals surface area contributed by atoms with Gasteiger partial charge in [0.25, 0.3) is 5.91 Å². The SMILES string of the molecule is COC(=O)CCN(Cc1ccccc1Cl)C(=O)c1cccc(NC(C)=O)c1. The van der Waals surface area contributed by atoms with Crippen LogP contribution < -0.4 is 5.32 Å². The fourth-order valence-electron chi connectivity index (χ4n) is 2.53. The van der Waals surface area contributed by atoms with E-state index in [0.29, 0.717) is 16.3 Å². The first-order valence-corrected chi connectivity index (χ1v) is 8.75. The molecule has 0 aliphatic heterocycles. The van der Waals surface area contributed by atoms with Gasteiger partial charge in [0.2, 0.25) is 5.91 Å². The van der Waals surface area contributed by atoms with Crippen LogP contribution in [0.15, 0.2) is 48.5 Å². The van der Waals surface area contributed by atoms with E-state index in [-0.39, 0.29) is 31.3 Å². The van der Waals surface area contributed by atoms with Crippen molar-refractivity contribution in [2.45, 2.75) is 19.9 Å². The first kappa shape index (κ1) is 20.5. The number of anilines is 1. The summed E-state index contributed by atoms with van der Waals surface area (Å²) in [4.78, 5) is 37.3. The van der Waals surface area contributed by atoms with Gasteiger partial charge in [0.1, 0.15) is 0 Å². The number of hydrogen-bond donors (Lipinski definition) is 1. The fraction of sp³-hybridized carbons (Fsp3) is 0.250. The number of halogens is 1. The molecule has 0 heterocycles. The van der Waals surface area contributed by atoms with Crippen LogP contribution in [-0.4, -0.2) is 36.3 Å². The van der Waals surface area contributed by atoms with E-state index in [1.807, 2.05) is 18.2 Å². The second-order valence-electron chi connectivity index (χ2n) is 5.91. The van der Waals surface area contributed by atoms with Crippen molar-refractivity contribution >= 4 is 35.1 Å². The second kappa shape index (κ2) is 9.73. The molecule has 0 radical (unpaired) electrons. The number of esters is 1. The largest absolute Gasteiger partial charge is 0.469 e. The molecule has 0 spiro atoms. The minimum atomic E-state index is -0.404. The molecule has 0 saturated heterocycles. The molecule has 2 amide bonds. The van der Waals surface area contributed by atoms with Crippen molar-refractivity contribution in [1.82, 2.24) is 4.90 Å². The van der Waals surface area contributed by atoms with Gasteiger partial charge in [-0.2, -0.15) is 0 Å². The fourth-order valence-corrected chi connectivity index (χ4v) is 2.72. The molecule has 0 saturated carbocycles. The van der Waals surface area contributed by atoms with E-state index in [2.05, 4.69) is 10.1 Å². The highest BCUT2D eigenvalue weighted by Crippen LogP contribution is 2.20. The second-order valence-corrected chi connectivity index (χ2v) is 6.31. The molecule has 0 bridgehead atoms. The monoisotopic (exact) mass is 388 g/mol. The van der Waals surface area contributed by atoms with Crippen LogP contribution in [-0.2, 0) is 20.9 Å². The number of carbonyl (C=O) groups is 3. The van der Waals surface area contributed by atoms with Crippen molar-refractivity contribution in [3.05, 3.63) is 64.7 Å². The predicted octanol–water partition coefficient (Wildman–Crippen LogP) is 3.50. The number of ether oxygens (including phenoxy) is 1. The molecule has 6 nitrogen and oxygen atoms in total. The van der Waals surface area contributed by atoms with E-state index in [9.17, 15) is 14.4 Å². The number of nitrogens with one attached hydrogen (secondary N) is 1. The molecule has 1 N–H and O–H groups in total. The van der Waals surface area contributed by atoms with Crippen LogP contribution in [0.25, 0.3) is 0 Å². The summed E-state index contributed by atoms with van der Waals surface area (Å²) < 4.78 is 4.67. The Balaban J connectivity index is 2.25. The molecule has 0 fully saturated rings. The van der Waals surface area contributed by atoms with Gasteiger partial charge in [-0.25, -0.2) is 0 Å². The number of benzene rings is 2. The Morgan fingerprint density at radius 2 is 1.85 bits per heavy atom. The Labute approximate surface area is 163 Å². The maximum atomic E-state index is 13.0. The molecule has 0 aromatic heterocycles. The Hall–Kier alpha value is -2.86. The molecule has 0 atom stereocenters. The van der Waals surface area contributed by atoms with Gasteiger partial charge in [0, 0.05) is 36.3 Å². The Morgan fingerprint density at radius 3 is 2.52 bits per heavy atom. The number of carbonyl (C=O) groups excluding carboxylic acids is 3. The molecule has 0 aliphatic rings. The quantitative estimate of drug-likeness (QED) is 0.736. The third-order valence-corrected chi connectivity index (χ3v) is 4.22. The zero-order valence-corrected chi connectivity index (χ0v) is 16.0. The highest BCUT2D eigenvalue weighted by atomic mass is 35.5. The van der Waals surface area contributed by atoms with E-state index < -0.39 is 5.97 Å². The summed E-state index contributed by atoms with van der Waals surface area (Å²) in [6.45, 7) is 1.83. The highest BCUT2D eigenvalue weighted by molar-refractivity contribution is 6.31. The van der Waals surface area contributed by atoms with E-state index in [1.54, 1.807) is 30.3 Å². The van der Waals surface area contributed by atoms with Crippen LogP contribution in [0, 0.1) is 0 Å². The summed E-state index contributed by atoms with van der Waals surface area (Å²) in [6, 6.07) is 13.9. The van der Waals surface area contributed by atoms with Crippen LogP contribution in [0.3, 0.4) is 0 Å². The average Bonchev–Trinajstić information content (AvgIpc) is 2.65. The highest BCUT2D eigenvalue weighted by Gasteiger charge is 2.19. The molecule has 2 rings (SSSR count). The lowest BCUT2D eigenvalue weighted by Gasteiger charge is -2.23. The van der Waals surface area contributed by atoms with Gasteiger partial charge in [0.05, 0.1) is 13.5 Å². The molecular weight excluding hydrogens is 368 g/mol. The summed E-state index contributed by atoms with van der Waals surface area (Å²) in [5, 5.41) is 3.19. The van der Waals surface area contributed by atoms with Gasteiger partial charge in [0.15, 0.2) is 0 Å². The number of rotatable bonds is 7. The molecule has 2 aromatic carbocycles. The Morgan fingerprint density at radius 1 is 1.11 bits per heavy atom. The number of nitrogens with zero attached hydrogens (tertiary/aromatic N) is 1. The lowest BCUT2D eigenvalue weighted by atomic mass is 10.1. The number of methoxy groups -OCH3 is 1. The molecule has 0 unspecified atom stereocenters. The van der Waals surface area contributed by atoms with Crippen LogP contribution >= 0.6 is 11.6 Å². The summed E-state index contributed by atoms with van der Waals surface area (Å²) in [7, 11) is 1.31. The molecular formula is C20H21ClN2O4. The summed E-state index contributed by atoms with van der Waals surface area (Å²) in [5.41, 5.74) is 1.70. The van der Waals surface area contributed by atoms with E-state index in [0.717, 1.165) is 5.56 Å². The third kappa shape index (κ3) is 6.11.